The van der Waals surface area contributed by atoms with Crippen LogP contribution in [0.15, 0.2) is 23.8 Å². The Morgan fingerprint density at radius 1 is 0.900 bits per heavy atom. The number of aliphatic carboxylic acids is 1. The van der Waals surface area contributed by atoms with E-state index in [2.05, 4.69) is 48.1 Å². The van der Waals surface area contributed by atoms with Gasteiger partial charge in [-0.3, -0.25) is 4.79 Å². The molecule has 5 aliphatic rings. The van der Waals surface area contributed by atoms with Gasteiger partial charge in [0.1, 0.15) is 6.10 Å². The maximum absolute atomic E-state index is 13.3. The number of ether oxygens (including phenoxy) is 1. The number of hydrogen-bond donors (Lipinski definition) is 2. The minimum Gasteiger partial charge on any atom is -0.481 e. The third-order valence-electron chi connectivity index (χ3n) is 14.2. The summed E-state index contributed by atoms with van der Waals surface area (Å²) in [5, 5.41) is 21.8. The molecule has 5 aliphatic carbocycles. The first-order valence-corrected chi connectivity index (χ1v) is 15.9. The van der Waals surface area contributed by atoms with E-state index in [1.807, 2.05) is 13.8 Å². The molecule has 0 spiro atoms. The second-order valence-electron chi connectivity index (χ2n) is 16.2. The van der Waals surface area contributed by atoms with Crippen LogP contribution in [0.3, 0.4) is 0 Å². The van der Waals surface area contributed by atoms with Crippen molar-refractivity contribution < 1.29 is 24.5 Å². The molecule has 0 aromatic rings. The van der Waals surface area contributed by atoms with E-state index in [0.717, 1.165) is 62.5 Å². The zero-order valence-corrected chi connectivity index (χ0v) is 26.3. The lowest BCUT2D eigenvalue weighted by Crippen LogP contribution is -2.71. The first kappa shape index (κ1) is 29.9. The molecular formula is C35H54O5. The van der Waals surface area contributed by atoms with Crippen molar-refractivity contribution >= 4 is 11.9 Å². The van der Waals surface area contributed by atoms with Crippen LogP contribution in [0.25, 0.3) is 0 Å². The summed E-state index contributed by atoms with van der Waals surface area (Å²) in [6.45, 7) is 22.0. The number of carboxylic acid groups (broad SMARTS) is 1. The van der Waals surface area contributed by atoms with E-state index in [1.165, 1.54) is 0 Å². The van der Waals surface area contributed by atoms with Gasteiger partial charge in [0.15, 0.2) is 0 Å². The summed E-state index contributed by atoms with van der Waals surface area (Å²) in [7, 11) is 0. The molecule has 5 nitrogen and oxygen atoms in total. The fourth-order valence-corrected chi connectivity index (χ4v) is 12.0. The lowest BCUT2D eigenvalue weighted by molar-refractivity contribution is -0.285. The van der Waals surface area contributed by atoms with Crippen molar-refractivity contribution in [2.45, 2.75) is 125 Å². The van der Waals surface area contributed by atoms with Crippen molar-refractivity contribution in [1.82, 2.24) is 0 Å². The van der Waals surface area contributed by atoms with E-state index in [9.17, 15) is 19.8 Å². The number of carbonyl (C=O) groups excluding carboxylic acids is 1. The summed E-state index contributed by atoms with van der Waals surface area (Å²) in [6.07, 6.45) is 8.71. The number of allylic oxidation sites excluding steroid dienone is 2. The average molecular weight is 555 g/mol. The molecule has 5 heteroatoms. The van der Waals surface area contributed by atoms with Crippen molar-refractivity contribution in [3.8, 4) is 0 Å². The summed E-state index contributed by atoms with van der Waals surface area (Å²) in [5.74, 6) is 0.216. The van der Waals surface area contributed by atoms with Gasteiger partial charge in [-0.2, -0.15) is 0 Å². The Bertz CT molecular complexity index is 1120. The molecule has 0 aliphatic heterocycles. The number of aliphatic hydroxyl groups excluding tert-OH is 1. The third kappa shape index (κ3) is 3.81. The third-order valence-corrected chi connectivity index (χ3v) is 14.2. The van der Waals surface area contributed by atoms with Crippen molar-refractivity contribution in [1.29, 1.82) is 0 Å². The van der Waals surface area contributed by atoms with Gasteiger partial charge in [-0.05, 0) is 124 Å². The van der Waals surface area contributed by atoms with Gasteiger partial charge in [-0.1, -0.05) is 52.3 Å². The van der Waals surface area contributed by atoms with Crippen LogP contribution in [0, 0.1) is 56.7 Å². The highest BCUT2D eigenvalue weighted by Crippen LogP contribution is 2.77. The van der Waals surface area contributed by atoms with Gasteiger partial charge in [-0.15, -0.1) is 0 Å². The van der Waals surface area contributed by atoms with Crippen LogP contribution < -0.4 is 0 Å². The molecule has 0 aromatic heterocycles. The zero-order chi connectivity index (χ0) is 29.6. The predicted octanol–water partition coefficient (Wildman–Crippen LogP) is 7.58. The van der Waals surface area contributed by atoms with Crippen LogP contribution in [0.4, 0.5) is 0 Å². The maximum atomic E-state index is 13.3. The molecule has 0 bridgehead atoms. The fourth-order valence-electron chi connectivity index (χ4n) is 12.0. The molecule has 5 saturated carbocycles. The van der Waals surface area contributed by atoms with Gasteiger partial charge in [0, 0.05) is 11.5 Å². The lowest BCUT2D eigenvalue weighted by atomic mass is 9.31. The Balaban J connectivity index is 1.66. The van der Waals surface area contributed by atoms with E-state index in [1.54, 1.807) is 6.08 Å². The number of carboxylic acids is 1. The van der Waals surface area contributed by atoms with E-state index >= 15 is 0 Å². The second kappa shape index (κ2) is 9.44. The van der Waals surface area contributed by atoms with Crippen LogP contribution in [-0.4, -0.2) is 34.4 Å². The predicted molar refractivity (Wildman–Crippen MR) is 157 cm³/mol. The molecule has 5 rings (SSSR count). The first-order valence-electron chi connectivity index (χ1n) is 15.9. The molecule has 2 N–H and O–H groups in total. The molecule has 0 radical (unpaired) electrons. The Kier molecular flexibility index (Phi) is 7.05. The molecule has 0 amide bonds. The molecule has 40 heavy (non-hydrogen) atoms. The van der Waals surface area contributed by atoms with Gasteiger partial charge in [0.25, 0.3) is 0 Å². The number of esters is 1. The van der Waals surface area contributed by atoms with Gasteiger partial charge in [0.2, 0.25) is 0 Å². The number of rotatable bonds is 4. The van der Waals surface area contributed by atoms with Crippen LogP contribution >= 0.6 is 0 Å². The quantitative estimate of drug-likeness (QED) is 0.213. The van der Waals surface area contributed by atoms with E-state index in [4.69, 9.17) is 4.74 Å². The fraction of sp³-hybridized carbons (Fsp3) is 0.829. The highest BCUT2D eigenvalue weighted by atomic mass is 16.5. The lowest BCUT2D eigenvalue weighted by Gasteiger charge is -2.73. The summed E-state index contributed by atoms with van der Waals surface area (Å²) in [4.78, 5) is 26.3. The Hall–Kier alpha value is -1.62. The van der Waals surface area contributed by atoms with Crippen molar-refractivity contribution in [3.05, 3.63) is 23.8 Å². The van der Waals surface area contributed by atoms with Crippen LogP contribution in [0.2, 0.25) is 0 Å². The van der Waals surface area contributed by atoms with E-state index in [-0.39, 0.29) is 63.5 Å². The Morgan fingerprint density at radius 3 is 2.17 bits per heavy atom. The van der Waals surface area contributed by atoms with Gasteiger partial charge >= 0.3 is 11.9 Å². The Labute approximate surface area is 242 Å². The molecule has 5 fully saturated rings. The Morgan fingerprint density at radius 2 is 1.57 bits per heavy atom. The van der Waals surface area contributed by atoms with Crippen molar-refractivity contribution in [3.63, 3.8) is 0 Å². The highest BCUT2D eigenvalue weighted by molar-refractivity contribution is 5.82. The summed E-state index contributed by atoms with van der Waals surface area (Å²) >= 11 is 0. The minimum atomic E-state index is -0.677. The molecule has 0 heterocycles. The number of fused-ring (bicyclic) bond motifs is 7. The van der Waals surface area contributed by atoms with Crippen LogP contribution in [0.1, 0.15) is 113 Å². The van der Waals surface area contributed by atoms with Crippen molar-refractivity contribution in [2.75, 3.05) is 0 Å². The van der Waals surface area contributed by atoms with Gasteiger partial charge in [0.05, 0.1) is 11.5 Å². The molecule has 0 aromatic carbocycles. The summed E-state index contributed by atoms with van der Waals surface area (Å²) < 4.78 is 6.54. The standard InChI is InChI=1S/C35H54O5/c1-20(2)18-28(37)40-27-19-25-31(5,6)26(36)13-14-32(25,7)24-11-10-23-29-22(21(3)4)12-15-35(29,30(38)39)17-16-33(23,8)34(24,27)9/h18,22-27,29,36H,3,10-17,19H2,1-2,4-9H3,(H,38,39)/t22-,23-,24+,25-,26-,27-,29-,32-,33+,34+,35-/m0/s1. The molecule has 0 unspecified atom stereocenters. The normalized spacial score (nSPS) is 49.0. The second-order valence-corrected chi connectivity index (χ2v) is 16.2. The smallest absolute Gasteiger partial charge is 0.330 e. The SMILES string of the molecule is C=C(C)[C@@H]1CC[C@]2(C(=O)O)CC[C@]3(C)[C@@H](CC[C@@H]4[C@]5(C)CC[C@H](O)C(C)(C)[C@@H]5C[C@H](OC(=O)C=C(C)C)[C@@]43C)[C@H]12. The molecule has 0 saturated heterocycles. The maximum Gasteiger partial charge on any atom is 0.330 e. The van der Waals surface area contributed by atoms with Crippen LogP contribution in [-0.2, 0) is 14.3 Å². The minimum absolute atomic E-state index is 0.0235. The summed E-state index contributed by atoms with van der Waals surface area (Å²) in [5.41, 5.74) is 0.662. The molecule has 11 atom stereocenters. The number of hydrogen-bond acceptors (Lipinski definition) is 4. The van der Waals surface area contributed by atoms with Crippen molar-refractivity contribution in [2.24, 2.45) is 56.7 Å². The summed E-state index contributed by atoms with van der Waals surface area (Å²) in [6, 6.07) is 0. The average Bonchev–Trinajstić information content (AvgIpc) is 3.25. The monoisotopic (exact) mass is 554 g/mol. The molecular weight excluding hydrogens is 500 g/mol. The molecule has 224 valence electrons. The van der Waals surface area contributed by atoms with E-state index < -0.39 is 11.4 Å². The van der Waals surface area contributed by atoms with Gasteiger partial charge in [-0.25, -0.2) is 4.79 Å². The largest absolute Gasteiger partial charge is 0.481 e. The first-order chi connectivity index (χ1) is 18.5. The topological polar surface area (TPSA) is 83.8 Å². The number of carbonyl (C=O) groups is 2. The van der Waals surface area contributed by atoms with E-state index in [0.29, 0.717) is 12.3 Å². The zero-order valence-electron chi connectivity index (χ0n) is 26.3. The number of aliphatic hydroxyl groups is 1. The van der Waals surface area contributed by atoms with Crippen LogP contribution in [0.5, 0.6) is 0 Å². The van der Waals surface area contributed by atoms with Gasteiger partial charge < -0.3 is 14.9 Å². The highest BCUT2D eigenvalue weighted by Gasteiger charge is 2.74.